The van der Waals surface area contributed by atoms with Gasteiger partial charge in [-0.25, -0.2) is 9.97 Å². The molecule has 23 heavy (non-hydrogen) atoms. The molecule has 8 heteroatoms. The molecule has 1 aromatic carbocycles. The Labute approximate surface area is 145 Å². The van der Waals surface area contributed by atoms with E-state index >= 15 is 0 Å². The number of nitrogens with one attached hydrogen (secondary N) is 1. The van der Waals surface area contributed by atoms with Crippen molar-refractivity contribution in [2.75, 3.05) is 5.32 Å². The average Bonchev–Trinajstić information content (AvgIpc) is 2.92. The Balaban J connectivity index is 2.09. The molecule has 0 radical (unpaired) electrons. The van der Waals surface area contributed by atoms with Crippen LogP contribution in [0.3, 0.4) is 0 Å². The van der Waals surface area contributed by atoms with Crippen molar-refractivity contribution < 1.29 is 4.79 Å². The molecule has 0 saturated carbocycles. The normalized spacial score (nSPS) is 10.5. The molecule has 2 heterocycles. The molecular formula is C15H8Cl2N4OS. The van der Waals surface area contributed by atoms with Gasteiger partial charge in [0.15, 0.2) is 5.82 Å². The molecule has 1 N–H and O–H groups in total. The van der Waals surface area contributed by atoms with Crippen LogP contribution in [-0.2, 0) is 4.79 Å². The minimum Gasteiger partial charge on any atom is -0.309 e. The minimum atomic E-state index is -0.418. The van der Waals surface area contributed by atoms with Crippen LogP contribution < -0.4 is 5.32 Å². The van der Waals surface area contributed by atoms with Crippen LogP contribution in [0.4, 0.5) is 5.82 Å². The summed E-state index contributed by atoms with van der Waals surface area (Å²) in [5, 5.41) is 12.8. The number of pyridine rings is 1. The second-order valence-electron chi connectivity index (χ2n) is 4.51. The van der Waals surface area contributed by atoms with Gasteiger partial charge in [0, 0.05) is 11.8 Å². The zero-order chi connectivity index (χ0) is 16.4. The Bertz CT molecular complexity index is 928. The van der Waals surface area contributed by atoms with Gasteiger partial charge >= 0.3 is 0 Å². The smallest absolute Gasteiger partial charge is 0.239 e. The summed E-state index contributed by atoms with van der Waals surface area (Å²) in [6.45, 7) is 0. The maximum Gasteiger partial charge on any atom is 0.239 e. The Morgan fingerprint density at radius 2 is 2.04 bits per heavy atom. The quantitative estimate of drug-likeness (QED) is 0.742. The summed E-state index contributed by atoms with van der Waals surface area (Å²) in [6, 6.07) is 8.77. The molecular weight excluding hydrogens is 355 g/mol. The highest BCUT2D eigenvalue weighted by Crippen LogP contribution is 2.40. The van der Waals surface area contributed by atoms with Crippen molar-refractivity contribution in [2.24, 2.45) is 0 Å². The molecule has 0 aliphatic rings. The first-order valence-corrected chi connectivity index (χ1v) is 8.04. The van der Waals surface area contributed by atoms with Crippen molar-refractivity contribution >= 4 is 56.5 Å². The lowest BCUT2D eigenvalue weighted by Crippen LogP contribution is -2.11. The maximum absolute atomic E-state index is 11.6. The van der Waals surface area contributed by atoms with Gasteiger partial charge in [-0.15, -0.1) is 11.3 Å². The molecule has 0 spiro atoms. The first-order valence-electron chi connectivity index (χ1n) is 6.47. The van der Waals surface area contributed by atoms with E-state index in [1.54, 1.807) is 36.5 Å². The van der Waals surface area contributed by atoms with Gasteiger partial charge in [-0.2, -0.15) is 5.26 Å². The van der Waals surface area contributed by atoms with Crippen molar-refractivity contribution in [1.29, 1.82) is 5.26 Å². The lowest BCUT2D eigenvalue weighted by Gasteiger charge is -2.02. The Kier molecular flexibility index (Phi) is 4.44. The van der Waals surface area contributed by atoms with Crippen LogP contribution in [0.15, 0.2) is 30.5 Å². The van der Waals surface area contributed by atoms with Crippen LogP contribution in [0.25, 0.3) is 20.8 Å². The van der Waals surface area contributed by atoms with Crippen molar-refractivity contribution in [3.8, 4) is 16.6 Å². The Hall–Kier alpha value is -2.20. The van der Waals surface area contributed by atoms with E-state index in [0.717, 1.165) is 0 Å². The van der Waals surface area contributed by atoms with Crippen molar-refractivity contribution in [3.63, 3.8) is 0 Å². The number of nitrogens with zero attached hydrogens (tertiary/aromatic N) is 3. The van der Waals surface area contributed by atoms with E-state index in [4.69, 9.17) is 28.5 Å². The lowest BCUT2D eigenvalue weighted by molar-refractivity contribution is -0.115. The standard InChI is InChI=1S/C15H8Cl2N4OS/c16-8-2-1-3-9(17)12(8)15-20-10-5-7-19-14(13(10)23-15)21-11(22)4-6-18/h1-3,5,7H,4H2,(H,19,21,22). The molecule has 0 saturated heterocycles. The van der Waals surface area contributed by atoms with Crippen LogP contribution in [-0.4, -0.2) is 15.9 Å². The molecule has 2 aromatic heterocycles. The fourth-order valence-electron chi connectivity index (χ4n) is 2.00. The Morgan fingerprint density at radius 1 is 1.30 bits per heavy atom. The summed E-state index contributed by atoms with van der Waals surface area (Å²) in [4.78, 5) is 20.3. The second-order valence-corrected chi connectivity index (χ2v) is 6.32. The van der Waals surface area contributed by atoms with Gasteiger partial charge in [0.2, 0.25) is 5.91 Å². The van der Waals surface area contributed by atoms with Crippen LogP contribution in [0, 0.1) is 11.3 Å². The molecule has 0 aliphatic heterocycles. The summed E-state index contributed by atoms with van der Waals surface area (Å²) in [5.41, 5.74) is 1.31. The molecule has 0 bridgehead atoms. The zero-order valence-corrected chi connectivity index (χ0v) is 13.8. The number of fused-ring (bicyclic) bond motifs is 1. The molecule has 3 rings (SSSR count). The summed E-state index contributed by atoms with van der Waals surface area (Å²) in [7, 11) is 0. The van der Waals surface area contributed by atoms with Gasteiger partial charge < -0.3 is 5.32 Å². The predicted molar refractivity (Wildman–Crippen MR) is 91.7 cm³/mol. The van der Waals surface area contributed by atoms with Gasteiger partial charge in [0.05, 0.1) is 26.3 Å². The molecule has 0 atom stereocenters. The van der Waals surface area contributed by atoms with E-state index in [1.807, 2.05) is 0 Å². The van der Waals surface area contributed by atoms with Gasteiger partial charge in [-0.1, -0.05) is 29.3 Å². The lowest BCUT2D eigenvalue weighted by atomic mass is 10.2. The third-order valence-corrected chi connectivity index (χ3v) is 4.70. The molecule has 114 valence electrons. The second kappa shape index (κ2) is 6.50. The third-order valence-electron chi connectivity index (χ3n) is 2.98. The number of hydrogen-bond donors (Lipinski definition) is 1. The van der Waals surface area contributed by atoms with Gasteiger partial charge in [0.1, 0.15) is 11.4 Å². The van der Waals surface area contributed by atoms with E-state index in [9.17, 15) is 4.79 Å². The number of carbonyl (C=O) groups is 1. The first-order chi connectivity index (χ1) is 11.1. The zero-order valence-electron chi connectivity index (χ0n) is 11.5. The fraction of sp³-hybridized carbons (Fsp3) is 0.0667. The summed E-state index contributed by atoms with van der Waals surface area (Å²) in [5.74, 6) is -0.0482. The Morgan fingerprint density at radius 3 is 2.74 bits per heavy atom. The average molecular weight is 363 g/mol. The van der Waals surface area contributed by atoms with E-state index in [0.29, 0.717) is 36.7 Å². The number of carbonyl (C=O) groups excluding carboxylic acids is 1. The van der Waals surface area contributed by atoms with E-state index in [2.05, 4.69) is 15.3 Å². The van der Waals surface area contributed by atoms with E-state index in [1.165, 1.54) is 11.3 Å². The largest absolute Gasteiger partial charge is 0.309 e. The molecule has 0 unspecified atom stereocenters. The van der Waals surface area contributed by atoms with E-state index < -0.39 is 5.91 Å². The van der Waals surface area contributed by atoms with E-state index in [-0.39, 0.29) is 6.42 Å². The van der Waals surface area contributed by atoms with Gasteiger partial charge in [-0.3, -0.25) is 4.79 Å². The highest BCUT2D eigenvalue weighted by atomic mass is 35.5. The maximum atomic E-state index is 11.6. The number of hydrogen-bond acceptors (Lipinski definition) is 5. The number of benzene rings is 1. The minimum absolute atomic E-state index is 0.236. The highest BCUT2D eigenvalue weighted by Gasteiger charge is 2.16. The fourth-order valence-corrected chi connectivity index (χ4v) is 3.77. The van der Waals surface area contributed by atoms with Crippen LogP contribution in [0.5, 0.6) is 0 Å². The van der Waals surface area contributed by atoms with Crippen LogP contribution in [0.1, 0.15) is 6.42 Å². The monoisotopic (exact) mass is 362 g/mol. The number of thiazole rings is 1. The van der Waals surface area contributed by atoms with Crippen molar-refractivity contribution in [3.05, 3.63) is 40.5 Å². The molecule has 0 fully saturated rings. The topological polar surface area (TPSA) is 78.7 Å². The highest BCUT2D eigenvalue weighted by molar-refractivity contribution is 7.22. The first kappa shape index (κ1) is 15.7. The van der Waals surface area contributed by atoms with Crippen LogP contribution in [0.2, 0.25) is 10.0 Å². The number of rotatable bonds is 3. The number of amides is 1. The molecule has 5 nitrogen and oxygen atoms in total. The van der Waals surface area contributed by atoms with Gasteiger partial charge in [-0.05, 0) is 18.2 Å². The van der Waals surface area contributed by atoms with Crippen molar-refractivity contribution in [2.45, 2.75) is 6.42 Å². The molecule has 1 amide bonds. The summed E-state index contributed by atoms with van der Waals surface area (Å²) >= 11 is 13.8. The third kappa shape index (κ3) is 3.13. The SMILES string of the molecule is N#CCC(=O)Nc1nccc2nc(-c3c(Cl)cccc3Cl)sc12. The predicted octanol–water partition coefficient (Wildman–Crippen LogP) is 4.52. The summed E-state index contributed by atoms with van der Waals surface area (Å²) in [6.07, 6.45) is 1.31. The van der Waals surface area contributed by atoms with Gasteiger partial charge in [0.25, 0.3) is 0 Å². The summed E-state index contributed by atoms with van der Waals surface area (Å²) < 4.78 is 0.699. The number of anilines is 1. The number of aromatic nitrogens is 2. The number of nitriles is 1. The molecule has 3 aromatic rings. The number of halogens is 2. The van der Waals surface area contributed by atoms with Crippen molar-refractivity contribution in [1.82, 2.24) is 9.97 Å². The molecule has 0 aliphatic carbocycles. The van der Waals surface area contributed by atoms with Crippen LogP contribution >= 0.6 is 34.5 Å².